The molecule has 3 N–H and O–H groups in total. The molecule has 0 saturated heterocycles. The first-order valence-corrected chi connectivity index (χ1v) is 9.81. The van der Waals surface area contributed by atoms with Crippen LogP contribution in [-0.2, 0) is 0 Å². The van der Waals surface area contributed by atoms with Crippen molar-refractivity contribution in [3.05, 3.63) is 0 Å². The van der Waals surface area contributed by atoms with Crippen LogP contribution < -0.4 is 0 Å². The van der Waals surface area contributed by atoms with Crippen LogP contribution in [0.5, 0.6) is 0 Å². The molecule has 0 aromatic carbocycles. The molecule has 0 aromatic heterocycles. The molecular weight excluding hydrogens is 300 g/mol. The predicted molar refractivity (Wildman–Crippen MR) is 93.8 cm³/mol. The second-order valence-corrected chi connectivity index (χ2v) is 9.38. The molecule has 3 heteroatoms. The summed E-state index contributed by atoms with van der Waals surface area (Å²) in [5.41, 5.74) is -0.853. The normalized spacial score (nSPS) is 60.5. The van der Waals surface area contributed by atoms with E-state index in [2.05, 4.69) is 6.92 Å². The van der Waals surface area contributed by atoms with E-state index in [1.54, 1.807) is 6.92 Å². The first kappa shape index (κ1) is 12.3. The van der Waals surface area contributed by atoms with Gasteiger partial charge < -0.3 is 15.3 Å². The fourth-order valence-corrected chi connectivity index (χ4v) is 7.07. The lowest BCUT2D eigenvalue weighted by molar-refractivity contribution is -0.323. The van der Waals surface area contributed by atoms with Gasteiger partial charge in [-0.3, -0.25) is 0 Å². The highest BCUT2D eigenvalue weighted by molar-refractivity contribution is 5.08. The zero-order valence-corrected chi connectivity index (χ0v) is 15.0. The summed E-state index contributed by atoms with van der Waals surface area (Å²) in [4.78, 5) is 0. The molecule has 0 bridgehead atoms. The summed E-state index contributed by atoms with van der Waals surface area (Å²) in [5, 5.41) is 29.4. The third kappa shape index (κ3) is 2.57. The van der Waals surface area contributed by atoms with Gasteiger partial charge in [-0.25, -0.2) is 0 Å². The van der Waals surface area contributed by atoms with Gasteiger partial charge in [0.2, 0.25) is 0 Å². The average Bonchev–Trinajstić information content (AvgIpc) is 2.78. The molecule has 1 unspecified atom stereocenters. The molecule has 0 aromatic rings. The Labute approximate surface area is 153 Å². The Hall–Kier alpha value is -0.120. The van der Waals surface area contributed by atoms with Gasteiger partial charge in [-0.05, 0) is 91.7 Å². The van der Waals surface area contributed by atoms with Crippen molar-refractivity contribution in [2.75, 3.05) is 0 Å². The summed E-state index contributed by atoms with van der Waals surface area (Å²) in [6.07, 6.45) is 2.84. The summed E-state index contributed by atoms with van der Waals surface area (Å²) in [6.45, 7) is 4.15. The summed E-state index contributed by atoms with van der Waals surface area (Å²) in [7, 11) is 0. The molecule has 3 nitrogen and oxygen atoms in total. The second kappa shape index (κ2) is 5.69. The molecular formula is C21H36O3. The predicted octanol–water partition coefficient (Wildman–Crippen LogP) is 4.06. The van der Waals surface area contributed by atoms with Crippen molar-refractivity contribution >= 4 is 0 Å². The van der Waals surface area contributed by atoms with Gasteiger partial charge in [0.25, 0.3) is 5.97 Å². The van der Waals surface area contributed by atoms with Gasteiger partial charge in [0.1, 0.15) is 0 Å². The Balaban J connectivity index is 1.77. The van der Waals surface area contributed by atoms with Crippen LogP contribution in [0, 0.1) is 40.4 Å². The van der Waals surface area contributed by atoms with Gasteiger partial charge in [-0.15, -0.1) is 0 Å². The fourth-order valence-electron chi connectivity index (χ4n) is 7.07. The summed E-state index contributed by atoms with van der Waals surface area (Å²) in [5.74, 6) is -5.07. The Morgan fingerprint density at radius 3 is 2.50 bits per heavy atom. The molecule has 4 aliphatic carbocycles. The Morgan fingerprint density at radius 2 is 1.75 bits per heavy atom. The molecule has 24 heavy (non-hydrogen) atoms. The van der Waals surface area contributed by atoms with E-state index >= 15 is 0 Å². The third-order valence-corrected chi connectivity index (χ3v) is 8.34. The van der Waals surface area contributed by atoms with Crippen LogP contribution in [0.3, 0.4) is 0 Å². The lowest BCUT2D eigenvalue weighted by Gasteiger charge is -2.60. The van der Waals surface area contributed by atoms with E-state index in [1.807, 2.05) is 0 Å². The minimum absolute atomic E-state index is 0.0322. The topological polar surface area (TPSA) is 60.7 Å². The molecule has 0 amide bonds. The minimum Gasteiger partial charge on any atom is -0.344 e. The molecule has 0 radical (unpaired) electrons. The maximum atomic E-state index is 9.79. The van der Waals surface area contributed by atoms with Crippen LogP contribution >= 0.6 is 0 Å². The maximum absolute atomic E-state index is 9.79. The van der Waals surface area contributed by atoms with Crippen molar-refractivity contribution in [1.29, 1.82) is 0 Å². The molecule has 7 atom stereocenters. The largest absolute Gasteiger partial charge is 0.344 e. The van der Waals surface area contributed by atoms with Crippen LogP contribution in [0.4, 0.5) is 0 Å². The van der Waals surface area contributed by atoms with Gasteiger partial charge in [0.15, 0.2) is 0 Å². The zero-order chi connectivity index (χ0) is 21.7. The highest BCUT2D eigenvalue weighted by atomic mass is 16.7. The first-order valence-electron chi connectivity index (χ1n) is 12.3. The van der Waals surface area contributed by atoms with Crippen LogP contribution in [-0.4, -0.2) is 21.3 Å². The second-order valence-electron chi connectivity index (χ2n) is 9.38. The number of aliphatic hydroxyl groups is 3. The van der Waals surface area contributed by atoms with E-state index in [0.717, 1.165) is 19.3 Å². The van der Waals surface area contributed by atoms with Crippen LogP contribution in [0.15, 0.2) is 0 Å². The van der Waals surface area contributed by atoms with Crippen LogP contribution in [0.2, 0.25) is 0 Å². The molecule has 0 heterocycles. The van der Waals surface area contributed by atoms with Crippen molar-refractivity contribution < 1.29 is 22.2 Å². The molecule has 4 rings (SSSR count). The monoisotopic (exact) mass is 341 g/mol. The molecule has 4 saturated carbocycles. The van der Waals surface area contributed by atoms with Gasteiger partial charge in [0.05, 0.1) is 0 Å². The Kier molecular flexibility index (Phi) is 2.92. The van der Waals surface area contributed by atoms with E-state index < -0.39 is 30.0 Å². The molecule has 138 valence electrons. The SMILES string of the molecule is [2H]C1([2H])C[C@H]2[C@@H]3CCC4CCCC[C@]4(C)[C@H]3CC[C@]2(C)[C@@]1([2H])C([2H])([2H])C(O)(O)O. The number of hydrogen-bond donors (Lipinski definition) is 3. The van der Waals surface area contributed by atoms with E-state index in [1.165, 1.54) is 25.7 Å². The van der Waals surface area contributed by atoms with Crippen LogP contribution in [0.1, 0.15) is 91.2 Å². The summed E-state index contributed by atoms with van der Waals surface area (Å²) in [6, 6.07) is 0. The highest BCUT2D eigenvalue weighted by Gasteiger charge is 2.60. The molecule has 0 spiro atoms. The standard InChI is InChI=1S/C21H36O3/c1-19-11-4-3-5-14(19)6-8-16-17-9-7-15(13-21(22,23)24)20(17,2)12-10-18(16)19/h14-18,22-24H,3-13H2,1-2H3/t14?,15-,16+,17+,18+,19+,20-/m1/s1/i7D2,13D2,15D. The van der Waals surface area contributed by atoms with Gasteiger partial charge in [-0.2, -0.15) is 0 Å². The number of fused-ring (bicyclic) bond motifs is 5. The number of rotatable bonds is 2. The zero-order valence-electron chi connectivity index (χ0n) is 20.0. The van der Waals surface area contributed by atoms with E-state index in [-0.39, 0.29) is 23.7 Å². The lowest BCUT2D eigenvalue weighted by Crippen LogP contribution is -2.53. The Morgan fingerprint density at radius 1 is 1.00 bits per heavy atom. The third-order valence-electron chi connectivity index (χ3n) is 8.34. The summed E-state index contributed by atoms with van der Waals surface area (Å²) < 4.78 is 42.9. The molecule has 4 fully saturated rings. The van der Waals surface area contributed by atoms with Crippen molar-refractivity contribution in [3.8, 4) is 0 Å². The minimum atomic E-state index is -3.77. The Bertz CT molecular complexity index is 680. The van der Waals surface area contributed by atoms with E-state index in [9.17, 15) is 15.3 Å². The van der Waals surface area contributed by atoms with Crippen molar-refractivity contribution in [2.45, 2.75) is 90.4 Å². The van der Waals surface area contributed by atoms with Crippen molar-refractivity contribution in [2.24, 2.45) is 40.4 Å². The van der Waals surface area contributed by atoms with E-state index in [0.29, 0.717) is 18.3 Å². The first-order chi connectivity index (χ1) is 13.1. The van der Waals surface area contributed by atoms with E-state index in [4.69, 9.17) is 6.85 Å². The fraction of sp³-hybridized carbons (Fsp3) is 1.00. The van der Waals surface area contributed by atoms with Crippen molar-refractivity contribution in [3.63, 3.8) is 0 Å². The smallest absolute Gasteiger partial charge is 0.275 e. The molecule has 0 aliphatic heterocycles. The quantitative estimate of drug-likeness (QED) is 0.664. The molecule has 4 aliphatic rings. The van der Waals surface area contributed by atoms with Gasteiger partial charge in [0, 0.05) is 13.2 Å². The summed E-state index contributed by atoms with van der Waals surface area (Å²) >= 11 is 0. The van der Waals surface area contributed by atoms with Gasteiger partial charge >= 0.3 is 0 Å². The lowest BCUT2D eigenvalue weighted by atomic mass is 9.45. The highest BCUT2D eigenvalue weighted by Crippen LogP contribution is 2.67. The number of hydrogen-bond acceptors (Lipinski definition) is 3. The maximum Gasteiger partial charge on any atom is 0.275 e. The average molecular weight is 342 g/mol. The van der Waals surface area contributed by atoms with Gasteiger partial charge in [-0.1, -0.05) is 26.7 Å². The van der Waals surface area contributed by atoms with Crippen LogP contribution in [0.25, 0.3) is 0 Å². The van der Waals surface area contributed by atoms with Crippen molar-refractivity contribution in [1.82, 2.24) is 0 Å².